The van der Waals surface area contributed by atoms with Gasteiger partial charge in [0.2, 0.25) is 0 Å². The number of rotatable bonds is 5. The van der Waals surface area contributed by atoms with Gasteiger partial charge in [-0.05, 0) is 30.7 Å². The Morgan fingerprint density at radius 2 is 1.76 bits per heavy atom. The van der Waals surface area contributed by atoms with E-state index in [1.54, 1.807) is 18.3 Å². The number of nitrogens with zero attached hydrogens (tertiary/aromatic N) is 2. The van der Waals surface area contributed by atoms with E-state index in [1.165, 1.54) is 0 Å². The summed E-state index contributed by atoms with van der Waals surface area (Å²) >= 11 is 0. The van der Waals surface area contributed by atoms with Crippen LogP contribution in [0.5, 0.6) is 5.75 Å². The van der Waals surface area contributed by atoms with Gasteiger partial charge in [0, 0.05) is 25.3 Å². The second-order valence-electron chi connectivity index (χ2n) is 5.15. The first kappa shape index (κ1) is 14.9. The number of phenols is 1. The third kappa shape index (κ3) is 3.99. The molecule has 0 spiro atoms. The maximum atomic E-state index is 9.78. The number of phenolic OH excluding ortho intramolecular Hbond substituents is 1. The van der Waals surface area contributed by atoms with Crippen molar-refractivity contribution in [3.05, 3.63) is 59.7 Å². The molecule has 2 aromatic carbocycles. The number of benzene rings is 2. The fraction of sp³-hybridized carbons (Fsp3) is 0.235. The molecule has 21 heavy (non-hydrogen) atoms. The van der Waals surface area contributed by atoms with Crippen LogP contribution in [0, 0.1) is 0 Å². The molecule has 0 saturated heterocycles. The Balaban J connectivity index is 1.97. The number of para-hydroxylation sites is 1. The van der Waals surface area contributed by atoms with E-state index in [0.29, 0.717) is 0 Å². The van der Waals surface area contributed by atoms with Crippen molar-refractivity contribution in [3.63, 3.8) is 0 Å². The summed E-state index contributed by atoms with van der Waals surface area (Å²) in [5, 5.41) is 14.0. The van der Waals surface area contributed by atoms with Gasteiger partial charge >= 0.3 is 0 Å². The molecular formula is C17H21N3O. The average molecular weight is 283 g/mol. The lowest BCUT2D eigenvalue weighted by Gasteiger charge is -2.13. The van der Waals surface area contributed by atoms with Crippen LogP contribution in [-0.4, -0.2) is 25.4 Å². The van der Waals surface area contributed by atoms with Crippen LogP contribution in [-0.2, 0) is 0 Å². The zero-order valence-electron chi connectivity index (χ0n) is 12.6. The number of nitrogens with one attached hydrogen (secondary N) is 1. The van der Waals surface area contributed by atoms with Crippen LogP contribution in [0.15, 0.2) is 53.6 Å². The quantitative estimate of drug-likeness (QED) is 0.654. The van der Waals surface area contributed by atoms with E-state index < -0.39 is 0 Å². The lowest BCUT2D eigenvalue weighted by Crippen LogP contribution is -2.12. The second-order valence-corrected chi connectivity index (χ2v) is 5.15. The molecule has 110 valence electrons. The fourth-order valence-corrected chi connectivity index (χ4v) is 2.01. The molecule has 0 aliphatic rings. The lowest BCUT2D eigenvalue weighted by atomic mass is 10.1. The van der Waals surface area contributed by atoms with Crippen LogP contribution < -0.4 is 10.3 Å². The fourth-order valence-electron chi connectivity index (χ4n) is 2.01. The number of hydrogen-bond acceptors (Lipinski definition) is 4. The maximum Gasteiger partial charge on any atom is 0.120 e. The van der Waals surface area contributed by atoms with E-state index in [9.17, 15) is 5.11 Å². The molecule has 2 rings (SSSR count). The average Bonchev–Trinajstić information content (AvgIpc) is 2.48. The first-order valence-corrected chi connectivity index (χ1v) is 6.92. The third-order valence-electron chi connectivity index (χ3n) is 3.29. The Bertz CT molecular complexity index is 606. The molecule has 0 heterocycles. The van der Waals surface area contributed by atoms with Crippen molar-refractivity contribution in [1.29, 1.82) is 0 Å². The smallest absolute Gasteiger partial charge is 0.120 e. The molecule has 1 atom stereocenters. The molecule has 0 fully saturated rings. The molecule has 0 aliphatic carbocycles. The van der Waals surface area contributed by atoms with Crippen LogP contribution in [0.1, 0.15) is 24.1 Å². The molecule has 4 nitrogen and oxygen atoms in total. The van der Waals surface area contributed by atoms with Gasteiger partial charge in [0.1, 0.15) is 5.75 Å². The zero-order valence-corrected chi connectivity index (χ0v) is 12.6. The van der Waals surface area contributed by atoms with Crippen molar-refractivity contribution < 1.29 is 5.11 Å². The highest BCUT2D eigenvalue weighted by Crippen LogP contribution is 2.22. The van der Waals surface area contributed by atoms with Crippen LogP contribution in [0.25, 0.3) is 0 Å². The van der Waals surface area contributed by atoms with Crippen molar-refractivity contribution in [2.75, 3.05) is 19.0 Å². The van der Waals surface area contributed by atoms with Crippen molar-refractivity contribution in [1.82, 2.24) is 5.43 Å². The first-order chi connectivity index (χ1) is 10.1. The molecule has 4 heteroatoms. The van der Waals surface area contributed by atoms with Gasteiger partial charge in [-0.1, -0.05) is 30.3 Å². The SMILES string of the molecule is CC(NN=Cc1ccc(N(C)C)cc1)c1ccccc1O. The molecule has 1 unspecified atom stereocenters. The van der Waals surface area contributed by atoms with Gasteiger partial charge in [0.05, 0.1) is 12.3 Å². The molecule has 0 saturated carbocycles. The van der Waals surface area contributed by atoms with Gasteiger partial charge in [0.25, 0.3) is 0 Å². The van der Waals surface area contributed by atoms with Gasteiger partial charge in [-0.3, -0.25) is 0 Å². The molecule has 0 radical (unpaired) electrons. The van der Waals surface area contributed by atoms with Crippen LogP contribution >= 0.6 is 0 Å². The van der Waals surface area contributed by atoms with Crippen molar-refractivity contribution >= 4 is 11.9 Å². The van der Waals surface area contributed by atoms with E-state index in [4.69, 9.17) is 0 Å². The zero-order chi connectivity index (χ0) is 15.2. The highest BCUT2D eigenvalue weighted by atomic mass is 16.3. The van der Waals surface area contributed by atoms with Gasteiger partial charge in [-0.25, -0.2) is 0 Å². The summed E-state index contributed by atoms with van der Waals surface area (Å²) in [6.07, 6.45) is 1.77. The molecule has 2 N–H and O–H groups in total. The van der Waals surface area contributed by atoms with Crippen LogP contribution in [0.4, 0.5) is 5.69 Å². The Labute approximate surface area is 125 Å². The van der Waals surface area contributed by atoms with Crippen LogP contribution in [0.3, 0.4) is 0 Å². The Hall–Kier alpha value is -2.49. The summed E-state index contributed by atoms with van der Waals surface area (Å²) in [5.74, 6) is 0.281. The molecular weight excluding hydrogens is 262 g/mol. The Morgan fingerprint density at radius 1 is 1.10 bits per heavy atom. The Morgan fingerprint density at radius 3 is 2.38 bits per heavy atom. The monoisotopic (exact) mass is 283 g/mol. The summed E-state index contributed by atoms with van der Waals surface area (Å²) in [6, 6.07) is 15.4. The minimum atomic E-state index is -0.0523. The Kier molecular flexibility index (Phi) is 4.82. The largest absolute Gasteiger partial charge is 0.508 e. The number of hydrazone groups is 1. The normalized spacial score (nSPS) is 12.3. The summed E-state index contributed by atoms with van der Waals surface area (Å²) in [5.41, 5.74) is 6.04. The summed E-state index contributed by atoms with van der Waals surface area (Å²) in [6.45, 7) is 1.96. The summed E-state index contributed by atoms with van der Waals surface area (Å²) in [7, 11) is 4.03. The standard InChI is InChI=1S/C17H21N3O/c1-13(16-6-4-5-7-17(16)21)19-18-12-14-8-10-15(11-9-14)20(2)3/h4-13,19,21H,1-3H3. The van der Waals surface area contributed by atoms with E-state index in [1.807, 2.05) is 57.4 Å². The molecule has 0 aromatic heterocycles. The van der Waals surface area contributed by atoms with Crippen molar-refractivity contribution in [2.24, 2.45) is 5.10 Å². The highest BCUT2D eigenvalue weighted by Gasteiger charge is 2.07. The van der Waals surface area contributed by atoms with E-state index >= 15 is 0 Å². The first-order valence-electron chi connectivity index (χ1n) is 6.92. The molecule has 0 bridgehead atoms. The number of aromatic hydroxyl groups is 1. The highest BCUT2D eigenvalue weighted by molar-refractivity contribution is 5.80. The number of hydrogen-bond donors (Lipinski definition) is 2. The van der Waals surface area contributed by atoms with E-state index in [0.717, 1.165) is 16.8 Å². The second kappa shape index (κ2) is 6.79. The van der Waals surface area contributed by atoms with Crippen molar-refractivity contribution in [2.45, 2.75) is 13.0 Å². The summed E-state index contributed by atoms with van der Waals surface area (Å²) in [4.78, 5) is 2.05. The van der Waals surface area contributed by atoms with Gasteiger partial charge in [-0.2, -0.15) is 5.10 Å². The van der Waals surface area contributed by atoms with E-state index in [2.05, 4.69) is 15.4 Å². The molecule has 0 amide bonds. The lowest BCUT2D eigenvalue weighted by molar-refractivity contribution is 0.455. The molecule has 0 aliphatic heterocycles. The minimum absolute atomic E-state index is 0.0523. The predicted molar refractivity (Wildman–Crippen MR) is 88.0 cm³/mol. The maximum absolute atomic E-state index is 9.78. The van der Waals surface area contributed by atoms with Crippen LogP contribution in [0.2, 0.25) is 0 Å². The van der Waals surface area contributed by atoms with Gasteiger partial charge in [-0.15, -0.1) is 0 Å². The topological polar surface area (TPSA) is 47.9 Å². The number of anilines is 1. The summed E-state index contributed by atoms with van der Waals surface area (Å²) < 4.78 is 0. The van der Waals surface area contributed by atoms with Crippen molar-refractivity contribution in [3.8, 4) is 5.75 Å². The minimum Gasteiger partial charge on any atom is -0.508 e. The third-order valence-corrected chi connectivity index (χ3v) is 3.29. The van der Waals surface area contributed by atoms with E-state index in [-0.39, 0.29) is 11.8 Å². The van der Waals surface area contributed by atoms with Gasteiger partial charge < -0.3 is 15.4 Å². The predicted octanol–water partition coefficient (Wildman–Crippen LogP) is 3.14. The van der Waals surface area contributed by atoms with Gasteiger partial charge in [0.15, 0.2) is 0 Å². The molecule has 2 aromatic rings.